The molecular weight excluding hydrogens is 226 g/mol. The number of benzene rings is 1. The van der Waals surface area contributed by atoms with Crippen molar-refractivity contribution in [1.82, 2.24) is 9.97 Å². The third-order valence-electron chi connectivity index (χ3n) is 2.24. The van der Waals surface area contributed by atoms with Crippen LogP contribution in [0.3, 0.4) is 0 Å². The fourth-order valence-corrected chi connectivity index (χ4v) is 1.40. The minimum absolute atomic E-state index is 0.0267. The summed E-state index contributed by atoms with van der Waals surface area (Å²) in [6.07, 6.45) is 3.76. The molecule has 1 aromatic heterocycles. The van der Waals surface area contributed by atoms with Gasteiger partial charge in [0.05, 0.1) is 5.56 Å². The first-order chi connectivity index (χ1) is 8.16. The van der Waals surface area contributed by atoms with Crippen LogP contribution in [0.2, 0.25) is 0 Å². The zero-order chi connectivity index (χ0) is 12.3. The molecule has 2 aromatic rings. The number of aromatic nitrogens is 2. The Balaban J connectivity index is 2.22. The highest BCUT2D eigenvalue weighted by Gasteiger charge is 2.11. The second-order valence-electron chi connectivity index (χ2n) is 3.46. The van der Waals surface area contributed by atoms with Gasteiger partial charge >= 0.3 is 0 Å². The van der Waals surface area contributed by atoms with Gasteiger partial charge in [-0.25, -0.2) is 18.7 Å². The van der Waals surface area contributed by atoms with Gasteiger partial charge in [-0.1, -0.05) is 0 Å². The van der Waals surface area contributed by atoms with Gasteiger partial charge < -0.3 is 0 Å². The molecule has 0 saturated heterocycles. The number of carbonyl (C=O) groups is 1. The highest BCUT2D eigenvalue weighted by atomic mass is 19.1. The molecule has 0 bridgehead atoms. The Kier molecular flexibility index (Phi) is 3.18. The minimum Gasteiger partial charge on any atom is -0.294 e. The molecule has 0 fully saturated rings. The van der Waals surface area contributed by atoms with Crippen LogP contribution in [0.5, 0.6) is 0 Å². The maximum atomic E-state index is 13.3. The van der Waals surface area contributed by atoms with Crippen LogP contribution in [0.4, 0.5) is 8.78 Å². The van der Waals surface area contributed by atoms with Crippen molar-refractivity contribution in [3.8, 4) is 0 Å². The largest absolute Gasteiger partial charge is 0.294 e. The molecule has 0 unspecified atom stereocenters. The summed E-state index contributed by atoms with van der Waals surface area (Å²) in [5.74, 6) is -1.52. The third-order valence-corrected chi connectivity index (χ3v) is 2.24. The highest BCUT2D eigenvalue weighted by molar-refractivity contribution is 5.96. The molecule has 86 valence electrons. The van der Waals surface area contributed by atoms with Gasteiger partial charge in [0, 0.05) is 18.8 Å². The van der Waals surface area contributed by atoms with Crippen LogP contribution >= 0.6 is 0 Å². The molecule has 0 aliphatic rings. The molecular formula is C12H8F2N2O. The normalized spacial score (nSPS) is 10.2. The maximum absolute atomic E-state index is 13.3. The van der Waals surface area contributed by atoms with Gasteiger partial charge in [-0.3, -0.25) is 4.79 Å². The summed E-state index contributed by atoms with van der Waals surface area (Å²) < 4.78 is 26.2. The Labute approximate surface area is 96.2 Å². The summed E-state index contributed by atoms with van der Waals surface area (Å²) in [4.78, 5) is 19.1. The minimum atomic E-state index is -0.600. The zero-order valence-electron chi connectivity index (χ0n) is 8.73. The molecule has 0 atom stereocenters. The monoisotopic (exact) mass is 234 g/mol. The molecule has 0 saturated carbocycles. The Morgan fingerprint density at radius 1 is 1.18 bits per heavy atom. The first kappa shape index (κ1) is 11.3. The van der Waals surface area contributed by atoms with Crippen LogP contribution in [0.15, 0.2) is 36.9 Å². The summed E-state index contributed by atoms with van der Waals surface area (Å²) in [7, 11) is 0. The number of hydrogen-bond donors (Lipinski definition) is 0. The van der Waals surface area contributed by atoms with E-state index >= 15 is 0 Å². The van der Waals surface area contributed by atoms with Crippen LogP contribution < -0.4 is 0 Å². The molecule has 3 nitrogen and oxygen atoms in total. The van der Waals surface area contributed by atoms with E-state index in [1.54, 1.807) is 0 Å². The van der Waals surface area contributed by atoms with Gasteiger partial charge in [-0.2, -0.15) is 0 Å². The average Bonchev–Trinajstić information content (AvgIpc) is 2.35. The van der Waals surface area contributed by atoms with E-state index in [9.17, 15) is 13.6 Å². The van der Waals surface area contributed by atoms with Gasteiger partial charge in [0.15, 0.2) is 5.78 Å². The Morgan fingerprint density at radius 2 is 1.88 bits per heavy atom. The first-order valence-electron chi connectivity index (χ1n) is 4.89. The van der Waals surface area contributed by atoms with Crippen molar-refractivity contribution in [2.75, 3.05) is 0 Å². The Bertz CT molecular complexity index is 543. The van der Waals surface area contributed by atoms with Crippen LogP contribution in [0, 0.1) is 11.6 Å². The lowest BCUT2D eigenvalue weighted by Gasteiger charge is -2.02. The van der Waals surface area contributed by atoms with Gasteiger partial charge in [-0.05, 0) is 23.8 Å². The van der Waals surface area contributed by atoms with Crippen molar-refractivity contribution in [3.05, 3.63) is 59.7 Å². The number of carbonyl (C=O) groups excluding carboxylic acids is 1. The van der Waals surface area contributed by atoms with E-state index in [2.05, 4.69) is 9.97 Å². The third kappa shape index (κ3) is 2.69. The summed E-state index contributed by atoms with van der Waals surface area (Å²) >= 11 is 0. The van der Waals surface area contributed by atoms with Crippen molar-refractivity contribution in [1.29, 1.82) is 0 Å². The summed E-state index contributed by atoms with van der Waals surface area (Å²) in [6.45, 7) is 0. The molecule has 0 amide bonds. The summed E-state index contributed by atoms with van der Waals surface area (Å²) in [5, 5.41) is 0. The predicted octanol–water partition coefficient (Wildman–Crippen LogP) is 2.18. The summed E-state index contributed by atoms with van der Waals surface area (Å²) in [5.41, 5.74) is 0.301. The smallest absolute Gasteiger partial charge is 0.170 e. The average molecular weight is 234 g/mol. The lowest BCUT2D eigenvalue weighted by molar-refractivity contribution is 0.0991. The van der Waals surface area contributed by atoms with E-state index in [0.29, 0.717) is 0 Å². The number of rotatable bonds is 3. The second-order valence-corrected chi connectivity index (χ2v) is 3.46. The zero-order valence-corrected chi connectivity index (χ0v) is 8.73. The lowest BCUT2D eigenvalue weighted by atomic mass is 10.0. The first-order valence-corrected chi connectivity index (χ1v) is 4.89. The SMILES string of the molecule is O=C(Cc1cc(F)ccc1F)c1cncnc1. The van der Waals surface area contributed by atoms with Crippen LogP contribution in [0.1, 0.15) is 15.9 Å². The second kappa shape index (κ2) is 4.78. The molecule has 0 N–H and O–H groups in total. The van der Waals surface area contributed by atoms with E-state index < -0.39 is 11.6 Å². The van der Waals surface area contributed by atoms with E-state index in [1.807, 2.05) is 0 Å². The van der Waals surface area contributed by atoms with Crippen LogP contribution in [0.25, 0.3) is 0 Å². The molecule has 2 rings (SSSR count). The number of hydrogen-bond acceptors (Lipinski definition) is 3. The predicted molar refractivity (Wildman–Crippen MR) is 56.4 cm³/mol. The fourth-order valence-electron chi connectivity index (χ4n) is 1.40. The number of halogens is 2. The standard InChI is InChI=1S/C12H8F2N2O/c13-10-1-2-11(14)8(3-10)4-12(17)9-5-15-7-16-6-9/h1-3,5-7H,4H2. The van der Waals surface area contributed by atoms with E-state index in [-0.39, 0.29) is 23.3 Å². The number of Topliss-reactive ketones (excluding diaryl/α,β-unsaturated/α-hetero) is 1. The molecule has 0 radical (unpaired) electrons. The summed E-state index contributed by atoms with van der Waals surface area (Å²) in [6, 6.07) is 3.02. The molecule has 17 heavy (non-hydrogen) atoms. The van der Waals surface area contributed by atoms with Crippen molar-refractivity contribution >= 4 is 5.78 Å². The van der Waals surface area contributed by atoms with E-state index in [0.717, 1.165) is 18.2 Å². The fraction of sp³-hybridized carbons (Fsp3) is 0.0833. The van der Waals surface area contributed by atoms with Crippen molar-refractivity contribution in [2.45, 2.75) is 6.42 Å². The molecule has 0 spiro atoms. The van der Waals surface area contributed by atoms with Crippen molar-refractivity contribution in [3.63, 3.8) is 0 Å². The Morgan fingerprint density at radius 3 is 2.59 bits per heavy atom. The number of ketones is 1. The molecule has 5 heteroatoms. The van der Waals surface area contributed by atoms with E-state index in [4.69, 9.17) is 0 Å². The van der Waals surface area contributed by atoms with Crippen LogP contribution in [-0.4, -0.2) is 15.8 Å². The van der Waals surface area contributed by atoms with Crippen molar-refractivity contribution < 1.29 is 13.6 Å². The van der Waals surface area contributed by atoms with Gasteiger partial charge in [-0.15, -0.1) is 0 Å². The molecule has 1 heterocycles. The topological polar surface area (TPSA) is 42.9 Å². The highest BCUT2D eigenvalue weighted by Crippen LogP contribution is 2.12. The molecule has 1 aromatic carbocycles. The number of nitrogens with zero attached hydrogens (tertiary/aromatic N) is 2. The molecule has 0 aliphatic carbocycles. The Hall–Kier alpha value is -2.17. The molecule has 0 aliphatic heterocycles. The van der Waals surface area contributed by atoms with E-state index in [1.165, 1.54) is 18.7 Å². The van der Waals surface area contributed by atoms with Crippen molar-refractivity contribution in [2.24, 2.45) is 0 Å². The lowest BCUT2D eigenvalue weighted by Crippen LogP contribution is -2.06. The quantitative estimate of drug-likeness (QED) is 0.764. The van der Waals surface area contributed by atoms with Gasteiger partial charge in [0.1, 0.15) is 18.0 Å². The van der Waals surface area contributed by atoms with Crippen LogP contribution in [-0.2, 0) is 6.42 Å². The van der Waals surface area contributed by atoms with Gasteiger partial charge in [0.2, 0.25) is 0 Å². The maximum Gasteiger partial charge on any atom is 0.170 e. The van der Waals surface area contributed by atoms with Gasteiger partial charge in [0.25, 0.3) is 0 Å².